The summed E-state index contributed by atoms with van der Waals surface area (Å²) in [6, 6.07) is 0. The quantitative estimate of drug-likeness (QED) is 0.346. The zero-order valence-electron chi connectivity index (χ0n) is 16.9. The molecule has 0 bridgehead atoms. The Morgan fingerprint density at radius 1 is 1.08 bits per heavy atom. The molecule has 2 rings (SSSR count). The summed E-state index contributed by atoms with van der Waals surface area (Å²) in [6.07, 6.45) is 16.0. The first-order valence-electron chi connectivity index (χ1n) is 11.0. The van der Waals surface area contributed by atoms with Crippen LogP contribution in [0.15, 0.2) is 0 Å². The lowest BCUT2D eigenvalue weighted by Gasteiger charge is -2.56. The van der Waals surface area contributed by atoms with E-state index >= 15 is 0 Å². The molecule has 4 heteroatoms. The highest BCUT2D eigenvalue weighted by Crippen LogP contribution is 2.58. The predicted octanol–water partition coefficient (Wildman–Crippen LogP) is 5.87. The lowest BCUT2D eigenvalue weighted by molar-refractivity contribution is -0.258. The molecular weight excluding hydrogens is 328 g/mol. The second-order valence-electron chi connectivity index (χ2n) is 8.74. The fourth-order valence-corrected chi connectivity index (χ4v) is 5.08. The zero-order chi connectivity index (χ0) is 19.0. The minimum Gasteiger partial charge on any atom is -0.478 e. The van der Waals surface area contributed by atoms with E-state index in [1.807, 2.05) is 0 Å². The van der Waals surface area contributed by atoms with Crippen LogP contribution in [-0.2, 0) is 14.3 Å². The Bertz CT molecular complexity index is 475. The number of aliphatic carboxylic acids is 1. The summed E-state index contributed by atoms with van der Waals surface area (Å²) in [6.45, 7) is 4.36. The van der Waals surface area contributed by atoms with Gasteiger partial charge in [0.25, 0.3) is 0 Å². The summed E-state index contributed by atoms with van der Waals surface area (Å²) in [5.74, 6) is -0.788. The molecule has 1 saturated heterocycles. The van der Waals surface area contributed by atoms with Crippen LogP contribution in [0.5, 0.6) is 0 Å². The highest BCUT2D eigenvalue weighted by atomic mass is 16.6. The Kier molecular flexibility index (Phi) is 7.97. The van der Waals surface area contributed by atoms with Crippen LogP contribution in [0.2, 0.25) is 0 Å². The van der Waals surface area contributed by atoms with Crippen LogP contribution in [0.25, 0.3) is 0 Å². The largest absolute Gasteiger partial charge is 0.478 e. The molecule has 1 heterocycles. The van der Waals surface area contributed by atoms with Gasteiger partial charge in [0.15, 0.2) is 0 Å². The summed E-state index contributed by atoms with van der Waals surface area (Å²) < 4.78 is 5.37. The molecule has 0 aromatic rings. The van der Waals surface area contributed by atoms with E-state index in [2.05, 4.69) is 13.8 Å². The number of cyclic esters (lactones) is 1. The van der Waals surface area contributed by atoms with E-state index < -0.39 is 17.0 Å². The van der Waals surface area contributed by atoms with Gasteiger partial charge in [0.1, 0.15) is 5.41 Å². The first-order chi connectivity index (χ1) is 12.5. The molecule has 0 amide bonds. The maximum absolute atomic E-state index is 12.3. The number of hydrogen-bond acceptors (Lipinski definition) is 3. The van der Waals surface area contributed by atoms with E-state index in [0.29, 0.717) is 25.2 Å². The molecule has 26 heavy (non-hydrogen) atoms. The van der Waals surface area contributed by atoms with Crippen molar-refractivity contribution in [3.63, 3.8) is 0 Å². The van der Waals surface area contributed by atoms with E-state index in [0.717, 1.165) is 32.1 Å². The van der Waals surface area contributed by atoms with Gasteiger partial charge in [-0.15, -0.1) is 0 Å². The van der Waals surface area contributed by atoms with Gasteiger partial charge in [-0.25, -0.2) is 4.79 Å². The highest BCUT2D eigenvalue weighted by molar-refractivity contribution is 5.98. The van der Waals surface area contributed by atoms with Crippen LogP contribution in [0.3, 0.4) is 0 Å². The van der Waals surface area contributed by atoms with E-state index in [1.165, 1.54) is 44.9 Å². The van der Waals surface area contributed by atoms with Gasteiger partial charge in [-0.2, -0.15) is 0 Å². The second kappa shape index (κ2) is 9.75. The summed E-state index contributed by atoms with van der Waals surface area (Å²) >= 11 is 0. The highest BCUT2D eigenvalue weighted by Gasteiger charge is 2.73. The van der Waals surface area contributed by atoms with Gasteiger partial charge in [-0.3, -0.25) is 4.79 Å². The molecule has 150 valence electrons. The molecule has 0 aromatic heterocycles. The SMILES string of the molecule is CCCCCCCCCCCCC1(C(=O)O)OC(=O)C12CCCC(C)C2. The number of carbonyl (C=O) groups excluding carboxylic acids is 1. The van der Waals surface area contributed by atoms with Gasteiger partial charge < -0.3 is 9.84 Å². The fourth-order valence-electron chi connectivity index (χ4n) is 5.08. The average molecular weight is 367 g/mol. The number of ether oxygens (including phenoxy) is 1. The summed E-state index contributed by atoms with van der Waals surface area (Å²) in [4.78, 5) is 24.3. The molecule has 1 aliphatic heterocycles. The number of carboxylic acids is 1. The molecule has 4 nitrogen and oxygen atoms in total. The molecule has 0 aromatic carbocycles. The van der Waals surface area contributed by atoms with Crippen molar-refractivity contribution in [3.8, 4) is 0 Å². The molecule has 1 aliphatic carbocycles. The summed E-state index contributed by atoms with van der Waals surface area (Å²) in [5, 5.41) is 9.87. The first kappa shape index (κ1) is 21.2. The van der Waals surface area contributed by atoms with Crippen LogP contribution in [-0.4, -0.2) is 22.6 Å². The predicted molar refractivity (Wildman–Crippen MR) is 103 cm³/mol. The van der Waals surface area contributed by atoms with Gasteiger partial charge in [0, 0.05) is 0 Å². The topological polar surface area (TPSA) is 63.6 Å². The molecule has 2 aliphatic rings. The minimum atomic E-state index is -1.25. The minimum absolute atomic E-state index is 0.265. The monoisotopic (exact) mass is 366 g/mol. The molecule has 3 atom stereocenters. The Hall–Kier alpha value is -1.06. The summed E-state index contributed by atoms with van der Waals surface area (Å²) in [7, 11) is 0. The first-order valence-corrected chi connectivity index (χ1v) is 11.0. The van der Waals surface area contributed by atoms with Crippen molar-refractivity contribution < 1.29 is 19.4 Å². The van der Waals surface area contributed by atoms with Crippen molar-refractivity contribution in [1.82, 2.24) is 0 Å². The Morgan fingerprint density at radius 2 is 1.65 bits per heavy atom. The Balaban J connectivity index is 1.74. The van der Waals surface area contributed by atoms with Crippen molar-refractivity contribution in [2.24, 2.45) is 11.3 Å². The molecule has 0 radical (unpaired) electrons. The number of rotatable bonds is 12. The number of carboxylic acid groups (broad SMARTS) is 1. The van der Waals surface area contributed by atoms with E-state index in [-0.39, 0.29) is 5.97 Å². The van der Waals surface area contributed by atoms with Crippen LogP contribution in [0.1, 0.15) is 110 Å². The number of hydrogen-bond donors (Lipinski definition) is 1. The van der Waals surface area contributed by atoms with Crippen molar-refractivity contribution in [3.05, 3.63) is 0 Å². The van der Waals surface area contributed by atoms with Crippen molar-refractivity contribution in [2.75, 3.05) is 0 Å². The van der Waals surface area contributed by atoms with Gasteiger partial charge in [-0.05, 0) is 31.6 Å². The number of unbranched alkanes of at least 4 members (excludes halogenated alkanes) is 9. The maximum atomic E-state index is 12.3. The van der Waals surface area contributed by atoms with Gasteiger partial charge in [0.05, 0.1) is 0 Å². The maximum Gasteiger partial charge on any atom is 0.349 e. The lowest BCUT2D eigenvalue weighted by Crippen LogP contribution is -2.71. The standard InChI is InChI=1S/C22H38O4/c1-3-4-5-6-7-8-9-10-11-12-16-22(19(23)24)21(20(25)26-22)15-13-14-18(2)17-21/h18H,3-17H2,1-2H3,(H,23,24). The van der Waals surface area contributed by atoms with Gasteiger partial charge >= 0.3 is 11.9 Å². The van der Waals surface area contributed by atoms with Crippen molar-refractivity contribution in [1.29, 1.82) is 0 Å². The molecule has 1 saturated carbocycles. The molecule has 3 unspecified atom stereocenters. The Labute approximate surface area is 159 Å². The molecule has 2 fully saturated rings. The summed E-state index contributed by atoms with van der Waals surface area (Å²) in [5.41, 5.74) is -2.01. The van der Waals surface area contributed by atoms with Crippen molar-refractivity contribution >= 4 is 11.9 Å². The third-order valence-corrected chi connectivity index (χ3v) is 6.66. The van der Waals surface area contributed by atoms with E-state index in [1.54, 1.807) is 0 Å². The average Bonchev–Trinajstić information content (AvgIpc) is 2.61. The zero-order valence-corrected chi connectivity index (χ0v) is 16.9. The van der Waals surface area contributed by atoms with Crippen LogP contribution in [0.4, 0.5) is 0 Å². The van der Waals surface area contributed by atoms with E-state index in [4.69, 9.17) is 4.74 Å². The molecule has 1 spiro atoms. The fraction of sp³-hybridized carbons (Fsp3) is 0.909. The number of esters is 1. The van der Waals surface area contributed by atoms with Crippen LogP contribution >= 0.6 is 0 Å². The van der Waals surface area contributed by atoms with E-state index in [9.17, 15) is 14.7 Å². The second-order valence-corrected chi connectivity index (χ2v) is 8.74. The smallest absolute Gasteiger partial charge is 0.349 e. The van der Waals surface area contributed by atoms with Crippen LogP contribution < -0.4 is 0 Å². The van der Waals surface area contributed by atoms with Gasteiger partial charge in [-0.1, -0.05) is 84.5 Å². The van der Waals surface area contributed by atoms with Crippen LogP contribution in [0, 0.1) is 11.3 Å². The third-order valence-electron chi connectivity index (χ3n) is 6.66. The normalized spacial score (nSPS) is 30.8. The molecular formula is C22H38O4. The van der Waals surface area contributed by atoms with Crippen molar-refractivity contribution in [2.45, 2.75) is 116 Å². The molecule has 1 N–H and O–H groups in total. The Morgan fingerprint density at radius 3 is 2.15 bits per heavy atom. The number of carbonyl (C=O) groups is 2. The van der Waals surface area contributed by atoms with Gasteiger partial charge in [0.2, 0.25) is 5.60 Å². The third kappa shape index (κ3) is 4.43. The lowest BCUT2D eigenvalue weighted by atomic mass is 9.56.